The molecular formula is C13H12N2S2. The van der Waals surface area contributed by atoms with Gasteiger partial charge in [-0.05, 0) is 24.4 Å². The fourth-order valence-corrected chi connectivity index (χ4v) is 2.42. The first kappa shape index (κ1) is 12.1. The first-order chi connectivity index (χ1) is 8.20. The summed E-state index contributed by atoms with van der Waals surface area (Å²) in [5.41, 5.74) is 2.89. The standard InChI is InChI=1S/C13H12N2S2/c1-9(2)13-15-12(7-17-13)10-4-3-5-11(6-10)14-8-16/h3-7,9H,1-2H3. The van der Waals surface area contributed by atoms with Crippen molar-refractivity contribution in [3.63, 3.8) is 0 Å². The third-order valence-corrected chi connectivity index (χ3v) is 3.57. The maximum Gasteiger partial charge on any atom is 0.0958 e. The van der Waals surface area contributed by atoms with Crippen molar-refractivity contribution in [1.29, 1.82) is 0 Å². The van der Waals surface area contributed by atoms with Crippen LogP contribution in [0.15, 0.2) is 34.6 Å². The quantitative estimate of drug-likeness (QED) is 0.592. The molecule has 0 aliphatic rings. The number of rotatable bonds is 3. The zero-order valence-corrected chi connectivity index (χ0v) is 11.3. The Morgan fingerprint density at radius 2 is 2.24 bits per heavy atom. The Labute approximate surface area is 110 Å². The average molecular weight is 260 g/mol. The van der Waals surface area contributed by atoms with Crippen LogP contribution in [0.25, 0.3) is 11.3 Å². The third-order valence-electron chi connectivity index (χ3n) is 2.33. The van der Waals surface area contributed by atoms with Gasteiger partial charge in [0.25, 0.3) is 0 Å². The molecule has 1 aromatic carbocycles. The van der Waals surface area contributed by atoms with Gasteiger partial charge in [-0.3, -0.25) is 0 Å². The van der Waals surface area contributed by atoms with Gasteiger partial charge >= 0.3 is 0 Å². The number of isothiocyanates is 1. The molecule has 0 atom stereocenters. The molecule has 0 saturated heterocycles. The van der Waals surface area contributed by atoms with Crippen LogP contribution in [0.4, 0.5) is 5.69 Å². The van der Waals surface area contributed by atoms with Crippen LogP contribution in [0.2, 0.25) is 0 Å². The van der Waals surface area contributed by atoms with Crippen molar-refractivity contribution in [3.8, 4) is 11.3 Å². The third kappa shape index (κ3) is 2.86. The van der Waals surface area contributed by atoms with E-state index >= 15 is 0 Å². The van der Waals surface area contributed by atoms with E-state index in [-0.39, 0.29) is 0 Å². The molecule has 86 valence electrons. The van der Waals surface area contributed by atoms with E-state index < -0.39 is 0 Å². The van der Waals surface area contributed by atoms with Gasteiger partial charge in [0.2, 0.25) is 0 Å². The fourth-order valence-electron chi connectivity index (χ4n) is 1.47. The number of thiocarbonyl (C=S) groups is 1. The van der Waals surface area contributed by atoms with E-state index in [2.05, 4.69) is 46.6 Å². The van der Waals surface area contributed by atoms with Gasteiger partial charge in [-0.15, -0.1) is 11.3 Å². The number of hydrogen-bond acceptors (Lipinski definition) is 4. The van der Waals surface area contributed by atoms with Crippen LogP contribution in [0, 0.1) is 0 Å². The van der Waals surface area contributed by atoms with E-state index in [1.165, 1.54) is 0 Å². The highest BCUT2D eigenvalue weighted by Crippen LogP contribution is 2.28. The van der Waals surface area contributed by atoms with Gasteiger partial charge in [0, 0.05) is 16.9 Å². The minimum atomic E-state index is 0.468. The summed E-state index contributed by atoms with van der Waals surface area (Å²) in [5, 5.41) is 5.61. The lowest BCUT2D eigenvalue weighted by Gasteiger charge is -1.99. The highest BCUT2D eigenvalue weighted by molar-refractivity contribution is 7.78. The molecule has 1 heterocycles. The van der Waals surface area contributed by atoms with Crippen LogP contribution < -0.4 is 0 Å². The molecule has 2 rings (SSSR count). The van der Waals surface area contributed by atoms with Gasteiger partial charge in [0.05, 0.1) is 21.6 Å². The molecule has 0 amide bonds. The fraction of sp³-hybridized carbons (Fsp3) is 0.231. The molecule has 0 unspecified atom stereocenters. The van der Waals surface area contributed by atoms with Crippen LogP contribution in [0.1, 0.15) is 24.8 Å². The molecule has 0 aliphatic heterocycles. The molecule has 0 aliphatic carbocycles. The molecule has 0 bridgehead atoms. The molecule has 0 N–H and O–H groups in total. The lowest BCUT2D eigenvalue weighted by atomic mass is 10.1. The van der Waals surface area contributed by atoms with Crippen molar-refractivity contribution in [3.05, 3.63) is 34.7 Å². The zero-order chi connectivity index (χ0) is 12.3. The van der Waals surface area contributed by atoms with Crippen LogP contribution in [0.5, 0.6) is 0 Å². The van der Waals surface area contributed by atoms with Crippen molar-refractivity contribution >= 4 is 34.4 Å². The Morgan fingerprint density at radius 3 is 2.88 bits per heavy atom. The molecule has 4 heteroatoms. The molecule has 17 heavy (non-hydrogen) atoms. The second-order valence-corrected chi connectivity index (χ2v) is 5.05. The number of aliphatic imine (C=N–C) groups is 1. The first-order valence-corrected chi connectivity index (χ1v) is 6.63. The van der Waals surface area contributed by atoms with Crippen LogP contribution in [0.3, 0.4) is 0 Å². The normalized spacial score (nSPS) is 10.3. The second kappa shape index (κ2) is 5.32. The van der Waals surface area contributed by atoms with Crippen LogP contribution >= 0.6 is 23.6 Å². The van der Waals surface area contributed by atoms with Crippen LogP contribution in [-0.4, -0.2) is 10.1 Å². The monoisotopic (exact) mass is 260 g/mol. The lowest BCUT2D eigenvalue weighted by Crippen LogP contribution is -1.85. The summed E-state index contributed by atoms with van der Waals surface area (Å²) in [6.07, 6.45) is 0. The smallest absolute Gasteiger partial charge is 0.0958 e. The SMILES string of the molecule is CC(C)c1nc(-c2cccc(N=C=S)c2)cs1. The summed E-state index contributed by atoms with van der Waals surface area (Å²) in [4.78, 5) is 8.59. The summed E-state index contributed by atoms with van der Waals surface area (Å²) in [6.45, 7) is 4.30. The van der Waals surface area contributed by atoms with Gasteiger partial charge in [0.15, 0.2) is 0 Å². The maximum atomic E-state index is 4.61. The highest BCUT2D eigenvalue weighted by Gasteiger charge is 2.07. The summed E-state index contributed by atoms with van der Waals surface area (Å²) >= 11 is 6.30. The topological polar surface area (TPSA) is 25.2 Å². The minimum Gasteiger partial charge on any atom is -0.241 e. The summed E-state index contributed by atoms with van der Waals surface area (Å²) in [5.74, 6) is 0.468. The summed E-state index contributed by atoms with van der Waals surface area (Å²) in [7, 11) is 0. The van der Waals surface area contributed by atoms with Gasteiger partial charge in [-0.2, -0.15) is 4.99 Å². The first-order valence-electron chi connectivity index (χ1n) is 5.34. The Kier molecular flexibility index (Phi) is 3.79. The summed E-state index contributed by atoms with van der Waals surface area (Å²) < 4.78 is 0. The van der Waals surface area contributed by atoms with Gasteiger partial charge in [-0.1, -0.05) is 26.0 Å². The van der Waals surface area contributed by atoms with Crippen molar-refractivity contribution < 1.29 is 0 Å². The van der Waals surface area contributed by atoms with E-state index in [9.17, 15) is 0 Å². The van der Waals surface area contributed by atoms with Gasteiger partial charge in [0.1, 0.15) is 0 Å². The van der Waals surface area contributed by atoms with E-state index in [0.29, 0.717) is 5.92 Å². The number of hydrogen-bond donors (Lipinski definition) is 0. The molecule has 0 saturated carbocycles. The molecule has 2 nitrogen and oxygen atoms in total. The Balaban J connectivity index is 2.38. The van der Waals surface area contributed by atoms with Crippen LogP contribution in [-0.2, 0) is 0 Å². The predicted molar refractivity (Wildman–Crippen MR) is 76.3 cm³/mol. The largest absolute Gasteiger partial charge is 0.241 e. The van der Waals surface area contributed by atoms with E-state index in [1.54, 1.807) is 11.3 Å². The molecule has 0 fully saturated rings. The van der Waals surface area contributed by atoms with E-state index in [4.69, 9.17) is 0 Å². The predicted octanol–water partition coefficient (Wildman–Crippen LogP) is 4.67. The summed E-state index contributed by atoms with van der Waals surface area (Å²) in [6, 6.07) is 7.85. The number of nitrogens with zero attached hydrogens (tertiary/aromatic N) is 2. The van der Waals surface area contributed by atoms with Gasteiger partial charge in [-0.25, -0.2) is 4.98 Å². The zero-order valence-electron chi connectivity index (χ0n) is 9.68. The van der Waals surface area contributed by atoms with Crippen molar-refractivity contribution in [1.82, 2.24) is 4.98 Å². The number of aromatic nitrogens is 1. The van der Waals surface area contributed by atoms with E-state index in [0.717, 1.165) is 22.0 Å². The second-order valence-electron chi connectivity index (χ2n) is 3.98. The van der Waals surface area contributed by atoms with Crippen molar-refractivity contribution in [2.45, 2.75) is 19.8 Å². The number of thiazole rings is 1. The lowest BCUT2D eigenvalue weighted by molar-refractivity contribution is 0.853. The molecular weight excluding hydrogens is 248 g/mol. The highest BCUT2D eigenvalue weighted by atomic mass is 32.1. The van der Waals surface area contributed by atoms with Crippen molar-refractivity contribution in [2.24, 2.45) is 4.99 Å². The maximum absolute atomic E-state index is 4.61. The van der Waals surface area contributed by atoms with E-state index in [1.807, 2.05) is 24.3 Å². The molecule has 0 radical (unpaired) electrons. The van der Waals surface area contributed by atoms with Gasteiger partial charge < -0.3 is 0 Å². The van der Waals surface area contributed by atoms with Crippen molar-refractivity contribution in [2.75, 3.05) is 0 Å². The Hall–Kier alpha value is -1.35. The number of benzene rings is 1. The Morgan fingerprint density at radius 1 is 1.41 bits per heavy atom. The molecule has 2 aromatic rings. The minimum absolute atomic E-state index is 0.468. The Bertz CT molecular complexity index is 566. The molecule has 1 aromatic heterocycles. The molecule has 0 spiro atoms. The average Bonchev–Trinajstić information content (AvgIpc) is 2.79.